The third-order valence-corrected chi connectivity index (χ3v) is 4.98. The molecular weight excluding hydrogens is 307 g/mol. The Bertz CT molecular complexity index is 785. The molecule has 0 spiro atoms. The SMILES string of the molecule is Cc1cc(Cn2c(C(C)Cl)nc3c(F)cccc32)sc1C. The van der Waals surface area contributed by atoms with Crippen LogP contribution < -0.4 is 0 Å². The van der Waals surface area contributed by atoms with Gasteiger partial charge in [0.25, 0.3) is 0 Å². The molecule has 2 heterocycles. The van der Waals surface area contributed by atoms with Crippen LogP contribution in [0.1, 0.15) is 33.4 Å². The molecule has 0 saturated heterocycles. The number of hydrogen-bond acceptors (Lipinski definition) is 2. The molecule has 0 aliphatic carbocycles. The van der Waals surface area contributed by atoms with Crippen LogP contribution in [0.5, 0.6) is 0 Å². The van der Waals surface area contributed by atoms with Crippen molar-refractivity contribution in [2.24, 2.45) is 0 Å². The second kappa shape index (κ2) is 5.43. The van der Waals surface area contributed by atoms with Gasteiger partial charge in [0.15, 0.2) is 5.82 Å². The highest BCUT2D eigenvalue weighted by atomic mass is 35.5. The van der Waals surface area contributed by atoms with Crippen molar-refractivity contribution in [3.8, 4) is 0 Å². The minimum Gasteiger partial charge on any atom is -0.321 e. The van der Waals surface area contributed by atoms with Gasteiger partial charge in [0.05, 0.1) is 17.4 Å². The first-order valence-corrected chi connectivity index (χ1v) is 8.07. The van der Waals surface area contributed by atoms with Gasteiger partial charge >= 0.3 is 0 Å². The van der Waals surface area contributed by atoms with Crippen molar-refractivity contribution >= 4 is 34.0 Å². The van der Waals surface area contributed by atoms with Gasteiger partial charge in [-0.2, -0.15) is 0 Å². The Hall–Kier alpha value is -1.39. The van der Waals surface area contributed by atoms with E-state index in [1.54, 1.807) is 17.4 Å². The predicted octanol–water partition coefficient (Wildman–Crippen LogP) is 5.20. The van der Waals surface area contributed by atoms with Gasteiger partial charge in [-0.3, -0.25) is 0 Å². The van der Waals surface area contributed by atoms with Gasteiger partial charge in [-0.15, -0.1) is 22.9 Å². The van der Waals surface area contributed by atoms with Crippen LogP contribution in [0.2, 0.25) is 0 Å². The fourth-order valence-electron chi connectivity index (χ4n) is 2.48. The molecule has 0 fully saturated rings. The lowest BCUT2D eigenvalue weighted by Gasteiger charge is -2.09. The number of imidazole rings is 1. The van der Waals surface area contributed by atoms with Crippen LogP contribution in [0.15, 0.2) is 24.3 Å². The fraction of sp³-hybridized carbons (Fsp3) is 0.312. The molecule has 0 radical (unpaired) electrons. The highest BCUT2D eigenvalue weighted by Crippen LogP contribution is 2.29. The molecule has 3 rings (SSSR count). The van der Waals surface area contributed by atoms with Gasteiger partial charge in [-0.1, -0.05) is 6.07 Å². The van der Waals surface area contributed by atoms with E-state index in [9.17, 15) is 4.39 Å². The van der Waals surface area contributed by atoms with Crippen LogP contribution in [0.25, 0.3) is 11.0 Å². The number of aromatic nitrogens is 2. The number of hydrogen-bond donors (Lipinski definition) is 0. The molecule has 0 aliphatic rings. The molecule has 0 amide bonds. The maximum absolute atomic E-state index is 13.9. The second-order valence-corrected chi connectivity index (χ2v) is 7.23. The van der Waals surface area contributed by atoms with E-state index in [-0.39, 0.29) is 11.2 Å². The molecule has 0 saturated carbocycles. The number of rotatable bonds is 3. The van der Waals surface area contributed by atoms with Crippen LogP contribution >= 0.6 is 22.9 Å². The number of benzene rings is 1. The van der Waals surface area contributed by atoms with Gasteiger partial charge in [0, 0.05) is 9.75 Å². The Balaban J connectivity index is 2.15. The molecule has 1 aromatic carbocycles. The Kier molecular flexibility index (Phi) is 3.76. The van der Waals surface area contributed by atoms with Crippen molar-refractivity contribution in [3.63, 3.8) is 0 Å². The summed E-state index contributed by atoms with van der Waals surface area (Å²) >= 11 is 7.99. The van der Waals surface area contributed by atoms with Gasteiger partial charge in [-0.25, -0.2) is 9.37 Å². The molecule has 5 heteroatoms. The summed E-state index contributed by atoms with van der Waals surface area (Å²) in [4.78, 5) is 6.93. The number of halogens is 2. The van der Waals surface area contributed by atoms with Gasteiger partial charge in [0.2, 0.25) is 0 Å². The molecule has 0 bridgehead atoms. The highest BCUT2D eigenvalue weighted by Gasteiger charge is 2.18. The molecular formula is C16H16ClFN2S. The molecule has 0 N–H and O–H groups in total. The summed E-state index contributed by atoms with van der Waals surface area (Å²) in [6, 6.07) is 7.21. The van der Waals surface area contributed by atoms with E-state index in [1.165, 1.54) is 21.4 Å². The predicted molar refractivity (Wildman–Crippen MR) is 86.9 cm³/mol. The van der Waals surface area contributed by atoms with Crippen LogP contribution in [0.3, 0.4) is 0 Å². The summed E-state index contributed by atoms with van der Waals surface area (Å²) in [6.45, 7) is 6.75. The van der Waals surface area contributed by atoms with E-state index >= 15 is 0 Å². The van der Waals surface area contributed by atoms with Crippen molar-refractivity contribution in [1.82, 2.24) is 9.55 Å². The van der Waals surface area contributed by atoms with Crippen molar-refractivity contribution in [2.75, 3.05) is 0 Å². The zero-order valence-electron chi connectivity index (χ0n) is 12.2. The number of nitrogens with zero attached hydrogens (tertiary/aromatic N) is 2. The Labute approximate surface area is 132 Å². The third kappa shape index (κ3) is 2.58. The van der Waals surface area contributed by atoms with E-state index in [1.807, 2.05) is 17.6 Å². The molecule has 1 atom stereocenters. The lowest BCUT2D eigenvalue weighted by molar-refractivity contribution is 0.637. The van der Waals surface area contributed by atoms with Crippen molar-refractivity contribution < 1.29 is 4.39 Å². The number of aryl methyl sites for hydroxylation is 2. The summed E-state index contributed by atoms with van der Waals surface area (Å²) in [5.74, 6) is 0.406. The van der Waals surface area contributed by atoms with E-state index in [4.69, 9.17) is 11.6 Å². The second-order valence-electron chi connectivity index (χ2n) is 5.23. The van der Waals surface area contributed by atoms with E-state index in [0.717, 1.165) is 5.52 Å². The van der Waals surface area contributed by atoms with Crippen LogP contribution in [0.4, 0.5) is 4.39 Å². The van der Waals surface area contributed by atoms with Crippen LogP contribution in [-0.2, 0) is 6.54 Å². The highest BCUT2D eigenvalue weighted by molar-refractivity contribution is 7.12. The van der Waals surface area contributed by atoms with Crippen molar-refractivity contribution in [1.29, 1.82) is 0 Å². The average Bonchev–Trinajstić information content (AvgIpc) is 2.93. The number of alkyl halides is 1. The summed E-state index contributed by atoms with van der Waals surface area (Å²) in [5, 5.41) is -0.265. The van der Waals surface area contributed by atoms with Crippen LogP contribution in [-0.4, -0.2) is 9.55 Å². The zero-order chi connectivity index (χ0) is 15.1. The zero-order valence-corrected chi connectivity index (χ0v) is 13.7. The molecule has 2 nitrogen and oxygen atoms in total. The maximum atomic E-state index is 13.9. The van der Waals surface area contributed by atoms with Crippen LogP contribution in [0, 0.1) is 19.7 Å². The minimum atomic E-state index is -0.302. The van der Waals surface area contributed by atoms with Gasteiger partial charge in [-0.05, 0) is 44.5 Å². The molecule has 2 aromatic heterocycles. The Morgan fingerprint density at radius 3 is 2.76 bits per heavy atom. The summed E-state index contributed by atoms with van der Waals surface area (Å²) < 4.78 is 15.9. The standard InChI is InChI=1S/C16H16ClFN2S/c1-9-7-12(21-11(9)3)8-20-14-6-4-5-13(18)15(14)19-16(20)10(2)17/h4-7,10H,8H2,1-3H3. The van der Waals surface area contributed by atoms with Crippen molar-refractivity contribution in [2.45, 2.75) is 32.7 Å². The first-order valence-electron chi connectivity index (χ1n) is 6.82. The summed E-state index contributed by atoms with van der Waals surface area (Å²) in [5.41, 5.74) is 2.47. The molecule has 21 heavy (non-hydrogen) atoms. The topological polar surface area (TPSA) is 17.8 Å². The Morgan fingerprint density at radius 2 is 2.14 bits per heavy atom. The number of thiophene rings is 1. The van der Waals surface area contributed by atoms with E-state index < -0.39 is 0 Å². The number of fused-ring (bicyclic) bond motifs is 1. The Morgan fingerprint density at radius 1 is 1.38 bits per heavy atom. The van der Waals surface area contributed by atoms with E-state index in [0.29, 0.717) is 17.9 Å². The summed E-state index contributed by atoms with van der Waals surface area (Å²) in [6.07, 6.45) is 0. The maximum Gasteiger partial charge on any atom is 0.151 e. The molecule has 110 valence electrons. The normalized spacial score (nSPS) is 13.0. The average molecular weight is 323 g/mol. The quantitative estimate of drug-likeness (QED) is 0.606. The van der Waals surface area contributed by atoms with Gasteiger partial charge in [0.1, 0.15) is 11.3 Å². The smallest absolute Gasteiger partial charge is 0.151 e. The van der Waals surface area contributed by atoms with Gasteiger partial charge < -0.3 is 4.57 Å². The number of para-hydroxylation sites is 1. The lowest BCUT2D eigenvalue weighted by Crippen LogP contribution is -2.04. The van der Waals surface area contributed by atoms with E-state index in [2.05, 4.69) is 24.9 Å². The largest absolute Gasteiger partial charge is 0.321 e. The molecule has 1 unspecified atom stereocenters. The fourth-order valence-corrected chi connectivity index (χ4v) is 3.69. The van der Waals surface area contributed by atoms with Crippen molar-refractivity contribution in [3.05, 3.63) is 51.2 Å². The first kappa shape index (κ1) is 14.5. The molecule has 3 aromatic rings. The monoisotopic (exact) mass is 322 g/mol. The molecule has 0 aliphatic heterocycles. The first-order chi connectivity index (χ1) is 9.97. The lowest BCUT2D eigenvalue weighted by atomic mass is 10.2. The minimum absolute atomic E-state index is 0.265. The summed E-state index contributed by atoms with van der Waals surface area (Å²) in [7, 11) is 0. The third-order valence-electron chi connectivity index (χ3n) is 3.65.